The highest BCUT2D eigenvalue weighted by Gasteiger charge is 2.32. The molecule has 1 aromatic carbocycles. The molecule has 0 aromatic heterocycles. The Labute approximate surface area is 122 Å². The minimum atomic E-state index is 0.225. The lowest BCUT2D eigenvalue weighted by Crippen LogP contribution is -2.37. The van der Waals surface area contributed by atoms with E-state index in [1.807, 2.05) is 29.2 Å². The summed E-state index contributed by atoms with van der Waals surface area (Å²) in [6, 6.07) is 7.85. The summed E-state index contributed by atoms with van der Waals surface area (Å²) in [4.78, 5) is 14.7. The number of rotatable bonds is 5. The third-order valence-electron chi connectivity index (χ3n) is 4.31. The fourth-order valence-corrected chi connectivity index (χ4v) is 3.20. The molecule has 2 N–H and O–H groups in total. The van der Waals surface area contributed by atoms with Crippen molar-refractivity contribution in [3.05, 3.63) is 29.8 Å². The number of carbonyl (C=O) groups excluding carboxylic acids is 1. The van der Waals surface area contributed by atoms with Crippen LogP contribution in [0.5, 0.6) is 0 Å². The van der Waals surface area contributed by atoms with Gasteiger partial charge in [-0.1, -0.05) is 32.4 Å². The van der Waals surface area contributed by atoms with Gasteiger partial charge in [-0.3, -0.25) is 4.79 Å². The van der Waals surface area contributed by atoms with E-state index in [0.717, 1.165) is 30.6 Å². The summed E-state index contributed by atoms with van der Waals surface area (Å²) in [6.07, 6.45) is 4.43. The van der Waals surface area contributed by atoms with Gasteiger partial charge < -0.3 is 10.6 Å². The first kappa shape index (κ1) is 14.9. The fourth-order valence-electron chi connectivity index (χ4n) is 3.20. The van der Waals surface area contributed by atoms with E-state index in [0.29, 0.717) is 18.4 Å². The number of nitrogens with two attached hydrogens (primary N) is 1. The Kier molecular flexibility index (Phi) is 5.05. The maximum Gasteiger partial charge on any atom is 0.226 e. The van der Waals surface area contributed by atoms with E-state index < -0.39 is 0 Å². The first-order valence-electron chi connectivity index (χ1n) is 7.75. The summed E-state index contributed by atoms with van der Waals surface area (Å²) in [6.45, 7) is 5.84. The topological polar surface area (TPSA) is 46.3 Å². The van der Waals surface area contributed by atoms with Gasteiger partial charge in [0.25, 0.3) is 0 Å². The summed E-state index contributed by atoms with van der Waals surface area (Å²) in [5, 5.41) is 0. The van der Waals surface area contributed by atoms with Crippen molar-refractivity contribution in [3.63, 3.8) is 0 Å². The van der Waals surface area contributed by atoms with Crippen LogP contribution >= 0.6 is 0 Å². The molecule has 110 valence electrons. The second-order valence-corrected chi connectivity index (χ2v) is 6.02. The van der Waals surface area contributed by atoms with Crippen molar-refractivity contribution in [3.8, 4) is 0 Å². The minimum Gasteiger partial charge on any atom is -0.399 e. The van der Waals surface area contributed by atoms with Crippen molar-refractivity contribution < 1.29 is 4.79 Å². The van der Waals surface area contributed by atoms with E-state index in [1.54, 1.807) is 0 Å². The molecule has 20 heavy (non-hydrogen) atoms. The SMILES string of the molecule is CCCN(Cc1cccc(N)c1)C(=O)C1CCCC1C. The molecule has 1 saturated carbocycles. The van der Waals surface area contributed by atoms with Gasteiger partial charge in [-0.25, -0.2) is 0 Å². The Balaban J connectivity index is 2.08. The predicted molar refractivity (Wildman–Crippen MR) is 83.1 cm³/mol. The standard InChI is InChI=1S/C17H26N2O/c1-3-10-19(12-14-7-5-8-15(18)11-14)17(20)16-9-4-6-13(16)2/h5,7-8,11,13,16H,3-4,6,9-10,12,18H2,1-2H3. The highest BCUT2D eigenvalue weighted by molar-refractivity contribution is 5.79. The molecular weight excluding hydrogens is 248 g/mol. The van der Waals surface area contributed by atoms with Gasteiger partial charge in [0.15, 0.2) is 0 Å². The molecule has 0 saturated heterocycles. The minimum absolute atomic E-state index is 0.225. The van der Waals surface area contributed by atoms with Gasteiger partial charge in [0.2, 0.25) is 5.91 Å². The van der Waals surface area contributed by atoms with Crippen molar-refractivity contribution in [2.75, 3.05) is 12.3 Å². The molecule has 3 heteroatoms. The lowest BCUT2D eigenvalue weighted by Gasteiger charge is -2.27. The summed E-state index contributed by atoms with van der Waals surface area (Å²) in [7, 11) is 0. The molecule has 2 atom stereocenters. The fraction of sp³-hybridized carbons (Fsp3) is 0.588. The molecule has 2 unspecified atom stereocenters. The molecule has 0 heterocycles. The lowest BCUT2D eigenvalue weighted by molar-refractivity contribution is -0.137. The molecule has 1 aromatic rings. The zero-order valence-electron chi connectivity index (χ0n) is 12.6. The smallest absolute Gasteiger partial charge is 0.226 e. The summed E-state index contributed by atoms with van der Waals surface area (Å²) in [5.74, 6) is 1.09. The van der Waals surface area contributed by atoms with E-state index in [4.69, 9.17) is 5.73 Å². The maximum absolute atomic E-state index is 12.7. The normalized spacial score (nSPS) is 21.9. The van der Waals surface area contributed by atoms with Gasteiger partial charge in [0.1, 0.15) is 0 Å². The highest BCUT2D eigenvalue weighted by atomic mass is 16.2. The average molecular weight is 274 g/mol. The molecule has 0 spiro atoms. The molecule has 2 rings (SSSR count). The van der Waals surface area contributed by atoms with E-state index in [1.165, 1.54) is 12.8 Å². The van der Waals surface area contributed by atoms with Crippen LogP contribution in [0.4, 0.5) is 5.69 Å². The third kappa shape index (κ3) is 3.53. The van der Waals surface area contributed by atoms with Gasteiger partial charge in [-0.2, -0.15) is 0 Å². The Bertz CT molecular complexity index is 458. The quantitative estimate of drug-likeness (QED) is 0.836. The van der Waals surface area contributed by atoms with Crippen LogP contribution in [0.3, 0.4) is 0 Å². The van der Waals surface area contributed by atoms with Crippen molar-refractivity contribution >= 4 is 11.6 Å². The van der Waals surface area contributed by atoms with Crippen molar-refractivity contribution in [2.45, 2.75) is 46.1 Å². The molecule has 0 aliphatic heterocycles. The highest BCUT2D eigenvalue weighted by Crippen LogP contribution is 2.33. The van der Waals surface area contributed by atoms with Crippen molar-refractivity contribution in [2.24, 2.45) is 11.8 Å². The van der Waals surface area contributed by atoms with Gasteiger partial charge in [-0.15, -0.1) is 0 Å². The zero-order chi connectivity index (χ0) is 14.5. The van der Waals surface area contributed by atoms with Crippen LogP contribution in [0.1, 0.15) is 45.1 Å². The van der Waals surface area contributed by atoms with Crippen LogP contribution in [0, 0.1) is 11.8 Å². The Morgan fingerprint density at radius 3 is 2.80 bits per heavy atom. The Morgan fingerprint density at radius 2 is 2.20 bits per heavy atom. The number of nitrogens with zero attached hydrogens (tertiary/aromatic N) is 1. The van der Waals surface area contributed by atoms with Crippen LogP contribution in [0.15, 0.2) is 24.3 Å². The summed E-state index contributed by atoms with van der Waals surface area (Å²) in [5.41, 5.74) is 7.71. The molecule has 1 aliphatic rings. The Hall–Kier alpha value is -1.51. The van der Waals surface area contributed by atoms with Gasteiger partial charge in [0.05, 0.1) is 0 Å². The largest absolute Gasteiger partial charge is 0.399 e. The van der Waals surface area contributed by atoms with Gasteiger partial charge in [0, 0.05) is 24.7 Å². The van der Waals surface area contributed by atoms with Crippen LogP contribution in [0.2, 0.25) is 0 Å². The molecule has 1 amide bonds. The zero-order valence-corrected chi connectivity index (χ0v) is 12.6. The number of benzene rings is 1. The number of carbonyl (C=O) groups is 1. The van der Waals surface area contributed by atoms with E-state index in [-0.39, 0.29) is 5.92 Å². The maximum atomic E-state index is 12.7. The average Bonchev–Trinajstić information content (AvgIpc) is 2.84. The third-order valence-corrected chi connectivity index (χ3v) is 4.31. The first-order chi connectivity index (χ1) is 9.61. The molecule has 1 aliphatic carbocycles. The molecule has 0 radical (unpaired) electrons. The number of hydrogen-bond acceptors (Lipinski definition) is 2. The molecule has 0 bridgehead atoms. The molecular formula is C17H26N2O. The predicted octanol–water partition coefficient (Wildman–Crippen LogP) is 3.44. The van der Waals surface area contributed by atoms with Crippen molar-refractivity contribution in [1.82, 2.24) is 4.90 Å². The second-order valence-electron chi connectivity index (χ2n) is 6.02. The Morgan fingerprint density at radius 1 is 1.40 bits per heavy atom. The van der Waals surface area contributed by atoms with Gasteiger partial charge in [-0.05, 0) is 42.9 Å². The molecule has 3 nitrogen and oxygen atoms in total. The lowest BCUT2D eigenvalue weighted by atomic mass is 9.96. The second kappa shape index (κ2) is 6.78. The van der Waals surface area contributed by atoms with E-state index in [9.17, 15) is 4.79 Å². The number of nitrogen functional groups attached to an aromatic ring is 1. The van der Waals surface area contributed by atoms with Gasteiger partial charge >= 0.3 is 0 Å². The van der Waals surface area contributed by atoms with Crippen LogP contribution in [-0.2, 0) is 11.3 Å². The van der Waals surface area contributed by atoms with Crippen LogP contribution in [0.25, 0.3) is 0 Å². The van der Waals surface area contributed by atoms with Crippen LogP contribution in [-0.4, -0.2) is 17.4 Å². The van der Waals surface area contributed by atoms with E-state index >= 15 is 0 Å². The monoisotopic (exact) mass is 274 g/mol. The molecule has 1 fully saturated rings. The summed E-state index contributed by atoms with van der Waals surface area (Å²) < 4.78 is 0. The number of hydrogen-bond donors (Lipinski definition) is 1. The summed E-state index contributed by atoms with van der Waals surface area (Å²) >= 11 is 0. The van der Waals surface area contributed by atoms with E-state index in [2.05, 4.69) is 13.8 Å². The van der Waals surface area contributed by atoms with Crippen LogP contribution < -0.4 is 5.73 Å². The first-order valence-corrected chi connectivity index (χ1v) is 7.75. The number of anilines is 1. The van der Waals surface area contributed by atoms with Crippen molar-refractivity contribution in [1.29, 1.82) is 0 Å². The number of amides is 1.